The van der Waals surface area contributed by atoms with Crippen LogP contribution in [0.15, 0.2) is 24.3 Å². The number of nitrogens with one attached hydrogen (secondary N) is 1. The number of rotatable bonds is 6. The lowest BCUT2D eigenvalue weighted by Gasteiger charge is -2.24. The van der Waals surface area contributed by atoms with Gasteiger partial charge in [-0.2, -0.15) is 0 Å². The van der Waals surface area contributed by atoms with Crippen LogP contribution in [0.3, 0.4) is 0 Å². The lowest BCUT2D eigenvalue weighted by molar-refractivity contribution is -0.120. The van der Waals surface area contributed by atoms with Crippen molar-refractivity contribution in [3.05, 3.63) is 35.4 Å². The smallest absolute Gasteiger partial charge is 0.224 e. The third kappa shape index (κ3) is 5.32. The summed E-state index contributed by atoms with van der Waals surface area (Å²) in [5, 5.41) is 2.98. The van der Waals surface area contributed by atoms with Crippen LogP contribution in [0.5, 0.6) is 0 Å². The molecule has 0 saturated carbocycles. The number of hydrogen-bond acceptors (Lipinski definition) is 2. The van der Waals surface area contributed by atoms with Gasteiger partial charge in [-0.05, 0) is 30.9 Å². The number of nitrogens with two attached hydrogens (primary N) is 1. The standard InChI is InChI=1S/C15H24N2O/c1-12-4-6-13(7-5-12)10-14(18)17-11-15(2,3)8-9-16/h4-7H,8-11,16H2,1-3H3,(H,17,18). The molecular weight excluding hydrogens is 224 g/mol. The van der Waals surface area contributed by atoms with Gasteiger partial charge in [-0.15, -0.1) is 0 Å². The predicted molar refractivity (Wildman–Crippen MR) is 75.3 cm³/mol. The molecule has 1 amide bonds. The summed E-state index contributed by atoms with van der Waals surface area (Å²) in [4.78, 5) is 11.8. The third-order valence-corrected chi connectivity index (χ3v) is 3.07. The minimum absolute atomic E-state index is 0.0671. The summed E-state index contributed by atoms with van der Waals surface area (Å²) < 4.78 is 0. The van der Waals surface area contributed by atoms with E-state index in [0.717, 1.165) is 12.0 Å². The molecule has 3 N–H and O–H groups in total. The van der Waals surface area contributed by atoms with E-state index in [1.165, 1.54) is 5.56 Å². The first-order valence-electron chi connectivity index (χ1n) is 6.45. The Hall–Kier alpha value is -1.35. The van der Waals surface area contributed by atoms with Crippen LogP contribution in [0.25, 0.3) is 0 Å². The number of carbonyl (C=O) groups excluding carboxylic acids is 1. The highest BCUT2D eigenvalue weighted by molar-refractivity contribution is 5.78. The van der Waals surface area contributed by atoms with Crippen LogP contribution < -0.4 is 11.1 Å². The van der Waals surface area contributed by atoms with Gasteiger partial charge in [0.15, 0.2) is 0 Å². The second kappa shape index (κ2) is 6.55. The molecule has 3 nitrogen and oxygen atoms in total. The van der Waals surface area contributed by atoms with E-state index in [9.17, 15) is 4.79 Å². The molecule has 0 spiro atoms. The fourth-order valence-corrected chi connectivity index (χ4v) is 1.77. The van der Waals surface area contributed by atoms with Gasteiger partial charge >= 0.3 is 0 Å². The van der Waals surface area contributed by atoms with Gasteiger partial charge in [-0.25, -0.2) is 0 Å². The van der Waals surface area contributed by atoms with Gasteiger partial charge in [0, 0.05) is 6.54 Å². The van der Waals surface area contributed by atoms with Crippen LogP contribution in [0.2, 0.25) is 0 Å². The summed E-state index contributed by atoms with van der Waals surface area (Å²) in [5.74, 6) is 0.0731. The van der Waals surface area contributed by atoms with Crippen molar-refractivity contribution in [2.24, 2.45) is 11.1 Å². The molecule has 1 aromatic carbocycles. The van der Waals surface area contributed by atoms with Gasteiger partial charge in [-0.1, -0.05) is 43.7 Å². The molecule has 0 unspecified atom stereocenters. The Morgan fingerprint density at radius 2 is 1.89 bits per heavy atom. The number of benzene rings is 1. The van der Waals surface area contributed by atoms with Crippen LogP contribution in [-0.4, -0.2) is 19.0 Å². The zero-order valence-corrected chi connectivity index (χ0v) is 11.6. The molecule has 0 aromatic heterocycles. The number of hydrogen-bond donors (Lipinski definition) is 2. The lowest BCUT2D eigenvalue weighted by Crippen LogP contribution is -2.36. The van der Waals surface area contributed by atoms with Crippen molar-refractivity contribution in [1.29, 1.82) is 0 Å². The monoisotopic (exact) mass is 248 g/mol. The molecule has 0 aliphatic heterocycles. The fourth-order valence-electron chi connectivity index (χ4n) is 1.77. The minimum Gasteiger partial charge on any atom is -0.355 e. The molecule has 0 atom stereocenters. The number of amides is 1. The molecule has 100 valence electrons. The SMILES string of the molecule is Cc1ccc(CC(=O)NCC(C)(C)CCN)cc1. The van der Waals surface area contributed by atoms with E-state index in [0.29, 0.717) is 19.5 Å². The molecule has 3 heteroatoms. The number of aryl methyl sites for hydroxylation is 1. The summed E-state index contributed by atoms with van der Waals surface area (Å²) in [7, 11) is 0. The molecule has 0 aliphatic rings. The van der Waals surface area contributed by atoms with Crippen LogP contribution in [0, 0.1) is 12.3 Å². The highest BCUT2D eigenvalue weighted by Gasteiger charge is 2.17. The van der Waals surface area contributed by atoms with E-state index in [1.54, 1.807) is 0 Å². The maximum absolute atomic E-state index is 11.8. The fraction of sp³-hybridized carbons (Fsp3) is 0.533. The topological polar surface area (TPSA) is 55.1 Å². The second-order valence-electron chi connectivity index (χ2n) is 5.64. The van der Waals surface area contributed by atoms with Crippen LogP contribution >= 0.6 is 0 Å². The lowest BCUT2D eigenvalue weighted by atomic mass is 9.89. The average Bonchev–Trinajstić information content (AvgIpc) is 2.30. The van der Waals surface area contributed by atoms with E-state index in [1.807, 2.05) is 31.2 Å². The Bertz CT molecular complexity index is 382. The quantitative estimate of drug-likeness (QED) is 0.809. The van der Waals surface area contributed by atoms with Crippen LogP contribution in [0.4, 0.5) is 0 Å². The molecule has 0 aliphatic carbocycles. The highest BCUT2D eigenvalue weighted by Crippen LogP contribution is 2.17. The van der Waals surface area contributed by atoms with Gasteiger partial charge in [-0.3, -0.25) is 4.79 Å². The Labute approximate surface area is 110 Å². The first-order chi connectivity index (χ1) is 8.43. The van der Waals surface area contributed by atoms with Crippen molar-refractivity contribution in [3.8, 4) is 0 Å². The molecule has 0 bridgehead atoms. The van der Waals surface area contributed by atoms with Gasteiger partial charge in [0.1, 0.15) is 0 Å². The van der Waals surface area contributed by atoms with Crippen molar-refractivity contribution in [2.45, 2.75) is 33.6 Å². The van der Waals surface area contributed by atoms with Crippen LogP contribution in [0.1, 0.15) is 31.4 Å². The second-order valence-corrected chi connectivity index (χ2v) is 5.64. The van der Waals surface area contributed by atoms with Gasteiger partial charge in [0.2, 0.25) is 5.91 Å². The summed E-state index contributed by atoms with van der Waals surface area (Å²) in [6, 6.07) is 8.06. The van der Waals surface area contributed by atoms with E-state index in [2.05, 4.69) is 19.2 Å². The zero-order chi connectivity index (χ0) is 13.6. The molecular formula is C15H24N2O. The molecule has 0 saturated heterocycles. The summed E-state index contributed by atoms with van der Waals surface area (Å²) in [6.07, 6.45) is 1.36. The summed E-state index contributed by atoms with van der Waals surface area (Å²) in [5.41, 5.74) is 7.88. The minimum atomic E-state index is 0.0671. The maximum atomic E-state index is 11.8. The molecule has 0 fully saturated rings. The van der Waals surface area contributed by atoms with E-state index < -0.39 is 0 Å². The van der Waals surface area contributed by atoms with Crippen LogP contribution in [-0.2, 0) is 11.2 Å². The molecule has 0 radical (unpaired) electrons. The molecule has 1 aromatic rings. The van der Waals surface area contributed by atoms with Crippen molar-refractivity contribution in [2.75, 3.05) is 13.1 Å². The molecule has 18 heavy (non-hydrogen) atoms. The Balaban J connectivity index is 2.40. The summed E-state index contributed by atoms with van der Waals surface area (Å²) >= 11 is 0. The zero-order valence-electron chi connectivity index (χ0n) is 11.6. The Morgan fingerprint density at radius 1 is 1.28 bits per heavy atom. The van der Waals surface area contributed by atoms with E-state index in [4.69, 9.17) is 5.73 Å². The maximum Gasteiger partial charge on any atom is 0.224 e. The van der Waals surface area contributed by atoms with E-state index in [-0.39, 0.29) is 11.3 Å². The third-order valence-electron chi connectivity index (χ3n) is 3.07. The van der Waals surface area contributed by atoms with Crippen molar-refractivity contribution in [3.63, 3.8) is 0 Å². The van der Waals surface area contributed by atoms with E-state index >= 15 is 0 Å². The Morgan fingerprint density at radius 3 is 2.44 bits per heavy atom. The molecule has 0 heterocycles. The Kier molecular flexibility index (Phi) is 5.35. The van der Waals surface area contributed by atoms with Crippen molar-refractivity contribution >= 4 is 5.91 Å². The average molecular weight is 248 g/mol. The number of carbonyl (C=O) groups is 1. The van der Waals surface area contributed by atoms with Gasteiger partial charge in [0.05, 0.1) is 6.42 Å². The highest BCUT2D eigenvalue weighted by atomic mass is 16.1. The first kappa shape index (κ1) is 14.7. The van der Waals surface area contributed by atoms with Crippen molar-refractivity contribution < 1.29 is 4.79 Å². The normalized spacial score (nSPS) is 11.3. The largest absolute Gasteiger partial charge is 0.355 e. The summed E-state index contributed by atoms with van der Waals surface area (Å²) in [6.45, 7) is 7.60. The van der Waals surface area contributed by atoms with Gasteiger partial charge in [0.25, 0.3) is 0 Å². The van der Waals surface area contributed by atoms with Crippen molar-refractivity contribution in [1.82, 2.24) is 5.32 Å². The first-order valence-corrected chi connectivity index (χ1v) is 6.45. The van der Waals surface area contributed by atoms with Gasteiger partial charge < -0.3 is 11.1 Å². The molecule has 1 rings (SSSR count). The predicted octanol–water partition coefficient (Wildman–Crippen LogP) is 2.03.